The van der Waals surface area contributed by atoms with Gasteiger partial charge in [-0.05, 0) is 55.8 Å². The summed E-state index contributed by atoms with van der Waals surface area (Å²) in [6.45, 7) is 12.2. The van der Waals surface area contributed by atoms with Crippen LogP contribution in [0.4, 0.5) is 0 Å². The van der Waals surface area contributed by atoms with Crippen molar-refractivity contribution in [3.05, 3.63) is 29.3 Å². The lowest BCUT2D eigenvalue weighted by atomic mass is 9.94. The van der Waals surface area contributed by atoms with E-state index in [0.29, 0.717) is 11.8 Å². The van der Waals surface area contributed by atoms with Crippen LogP contribution in [0.1, 0.15) is 51.2 Å². The largest absolute Gasteiger partial charge is 0.481 e. The zero-order valence-electron chi connectivity index (χ0n) is 15.4. The molecule has 4 nitrogen and oxygen atoms in total. The number of halogens is 1. The fourth-order valence-electron chi connectivity index (χ4n) is 2.95. The van der Waals surface area contributed by atoms with Crippen LogP contribution in [-0.2, 0) is 4.79 Å². The maximum atomic E-state index is 12.5. The van der Waals surface area contributed by atoms with Gasteiger partial charge >= 0.3 is 0 Å². The van der Waals surface area contributed by atoms with E-state index in [1.54, 1.807) is 0 Å². The average molecular weight is 355 g/mol. The molecule has 0 bridgehead atoms. The summed E-state index contributed by atoms with van der Waals surface area (Å²) in [5.41, 5.74) is 2.28. The third-order valence-corrected chi connectivity index (χ3v) is 4.62. The normalized spacial score (nSPS) is 21.8. The van der Waals surface area contributed by atoms with Crippen LogP contribution in [0.15, 0.2) is 18.2 Å². The molecule has 1 amide bonds. The van der Waals surface area contributed by atoms with Gasteiger partial charge in [-0.3, -0.25) is 4.79 Å². The first kappa shape index (κ1) is 20.8. The molecule has 0 aromatic heterocycles. The van der Waals surface area contributed by atoms with Gasteiger partial charge in [0.05, 0.1) is 0 Å². The van der Waals surface area contributed by atoms with Crippen molar-refractivity contribution >= 4 is 18.3 Å². The minimum Gasteiger partial charge on any atom is -0.481 e. The van der Waals surface area contributed by atoms with Crippen LogP contribution in [-0.4, -0.2) is 31.1 Å². The standard InChI is InChI=1S/C19H30N2O2.ClH/c1-12(2)16-7-6-13(3)10-18(16)23-15(5)19(22)21-17-11-20-9-8-14(17)4;/h6-7,10,12,14-15,17,20H,8-9,11H2,1-5H3,(H,21,22);1H. The Morgan fingerprint density at radius 1 is 1.33 bits per heavy atom. The van der Waals surface area contributed by atoms with Crippen molar-refractivity contribution in [2.75, 3.05) is 13.1 Å². The zero-order valence-corrected chi connectivity index (χ0v) is 16.2. The molecule has 24 heavy (non-hydrogen) atoms. The number of rotatable bonds is 5. The van der Waals surface area contributed by atoms with Crippen LogP contribution in [0.3, 0.4) is 0 Å². The maximum Gasteiger partial charge on any atom is 0.261 e. The van der Waals surface area contributed by atoms with Gasteiger partial charge in [0, 0.05) is 12.6 Å². The Kier molecular flexibility index (Phi) is 8.04. The summed E-state index contributed by atoms with van der Waals surface area (Å²) in [5.74, 6) is 1.64. The number of hydrogen-bond donors (Lipinski definition) is 2. The Bertz CT molecular complexity index is 548. The van der Waals surface area contributed by atoms with E-state index in [4.69, 9.17) is 4.74 Å². The van der Waals surface area contributed by atoms with Crippen molar-refractivity contribution in [2.45, 2.75) is 59.1 Å². The fourth-order valence-corrected chi connectivity index (χ4v) is 2.95. The lowest BCUT2D eigenvalue weighted by Gasteiger charge is -2.31. The summed E-state index contributed by atoms with van der Waals surface area (Å²) >= 11 is 0. The van der Waals surface area contributed by atoms with Crippen molar-refractivity contribution in [1.29, 1.82) is 0 Å². The third-order valence-electron chi connectivity index (χ3n) is 4.62. The Morgan fingerprint density at radius 2 is 2.04 bits per heavy atom. The highest BCUT2D eigenvalue weighted by molar-refractivity contribution is 5.85. The Hall–Kier alpha value is -1.26. The van der Waals surface area contributed by atoms with Gasteiger partial charge in [0.15, 0.2) is 6.10 Å². The van der Waals surface area contributed by atoms with E-state index in [0.717, 1.165) is 36.4 Å². The van der Waals surface area contributed by atoms with Gasteiger partial charge in [0.1, 0.15) is 5.75 Å². The fraction of sp³-hybridized carbons (Fsp3) is 0.632. The first-order valence-electron chi connectivity index (χ1n) is 8.66. The number of hydrogen-bond acceptors (Lipinski definition) is 3. The highest BCUT2D eigenvalue weighted by Crippen LogP contribution is 2.28. The zero-order chi connectivity index (χ0) is 17.0. The van der Waals surface area contributed by atoms with Crippen LogP contribution in [0.5, 0.6) is 5.75 Å². The van der Waals surface area contributed by atoms with E-state index >= 15 is 0 Å². The molecule has 0 saturated carbocycles. The molecular formula is C19H31ClN2O2. The summed E-state index contributed by atoms with van der Waals surface area (Å²) in [6.07, 6.45) is 0.596. The number of piperidine rings is 1. The molecule has 1 aliphatic heterocycles. The molecule has 136 valence electrons. The molecule has 1 aliphatic rings. The third kappa shape index (κ3) is 5.38. The number of benzene rings is 1. The Labute approximate surface area is 152 Å². The van der Waals surface area contributed by atoms with Gasteiger partial charge in [-0.25, -0.2) is 0 Å². The highest BCUT2D eigenvalue weighted by Gasteiger charge is 2.25. The Morgan fingerprint density at radius 3 is 2.67 bits per heavy atom. The molecular weight excluding hydrogens is 324 g/mol. The topological polar surface area (TPSA) is 50.4 Å². The molecule has 0 spiro atoms. The average Bonchev–Trinajstić information content (AvgIpc) is 2.49. The molecule has 1 aromatic carbocycles. The predicted octanol–water partition coefficient (Wildman–Crippen LogP) is 3.42. The number of carbonyl (C=O) groups excluding carboxylic acids is 1. The van der Waals surface area contributed by atoms with Gasteiger partial charge < -0.3 is 15.4 Å². The lowest BCUT2D eigenvalue weighted by Crippen LogP contribution is -2.52. The van der Waals surface area contributed by atoms with Crippen molar-refractivity contribution in [3.8, 4) is 5.75 Å². The molecule has 1 saturated heterocycles. The van der Waals surface area contributed by atoms with Gasteiger partial charge in [-0.15, -0.1) is 12.4 Å². The number of nitrogens with one attached hydrogen (secondary N) is 2. The minimum atomic E-state index is -0.497. The monoisotopic (exact) mass is 354 g/mol. The summed E-state index contributed by atoms with van der Waals surface area (Å²) in [5, 5.41) is 6.46. The molecule has 3 unspecified atom stereocenters. The molecule has 1 aromatic rings. The van der Waals surface area contributed by atoms with Gasteiger partial charge in [0.2, 0.25) is 0 Å². The van der Waals surface area contributed by atoms with Gasteiger partial charge in [-0.2, -0.15) is 0 Å². The molecule has 0 radical (unpaired) electrons. The smallest absolute Gasteiger partial charge is 0.261 e. The van der Waals surface area contributed by atoms with E-state index in [1.807, 2.05) is 19.9 Å². The van der Waals surface area contributed by atoms with Crippen molar-refractivity contribution < 1.29 is 9.53 Å². The van der Waals surface area contributed by atoms with E-state index < -0.39 is 6.10 Å². The van der Waals surface area contributed by atoms with Crippen molar-refractivity contribution in [1.82, 2.24) is 10.6 Å². The van der Waals surface area contributed by atoms with E-state index in [9.17, 15) is 4.79 Å². The molecule has 0 aliphatic carbocycles. The molecule has 5 heteroatoms. The van der Waals surface area contributed by atoms with E-state index in [-0.39, 0.29) is 24.4 Å². The first-order valence-corrected chi connectivity index (χ1v) is 8.66. The summed E-state index contributed by atoms with van der Waals surface area (Å²) < 4.78 is 5.99. The Balaban J connectivity index is 0.00000288. The lowest BCUT2D eigenvalue weighted by molar-refractivity contribution is -0.128. The first-order chi connectivity index (χ1) is 10.9. The van der Waals surface area contributed by atoms with Crippen LogP contribution in [0.25, 0.3) is 0 Å². The van der Waals surface area contributed by atoms with Crippen molar-refractivity contribution in [3.63, 3.8) is 0 Å². The number of carbonyl (C=O) groups is 1. The van der Waals surface area contributed by atoms with Gasteiger partial charge in [-0.1, -0.05) is 32.9 Å². The van der Waals surface area contributed by atoms with Crippen molar-refractivity contribution in [2.24, 2.45) is 5.92 Å². The number of amides is 1. The highest BCUT2D eigenvalue weighted by atomic mass is 35.5. The number of aryl methyl sites for hydroxylation is 1. The molecule has 2 N–H and O–H groups in total. The molecule has 1 fully saturated rings. The van der Waals surface area contributed by atoms with Crippen LogP contribution < -0.4 is 15.4 Å². The molecule has 2 rings (SSSR count). The predicted molar refractivity (Wildman–Crippen MR) is 101 cm³/mol. The summed E-state index contributed by atoms with van der Waals surface area (Å²) in [6, 6.07) is 6.38. The molecule has 3 atom stereocenters. The SMILES string of the molecule is Cc1ccc(C(C)C)c(OC(C)C(=O)NC2CNCCC2C)c1.Cl. The van der Waals surface area contributed by atoms with E-state index in [2.05, 4.69) is 43.5 Å². The maximum absolute atomic E-state index is 12.5. The minimum absolute atomic E-state index is 0. The van der Waals surface area contributed by atoms with E-state index in [1.165, 1.54) is 0 Å². The van der Waals surface area contributed by atoms with Gasteiger partial charge in [0.25, 0.3) is 5.91 Å². The molecule has 1 heterocycles. The number of ether oxygens (including phenoxy) is 1. The van der Waals surface area contributed by atoms with Crippen LogP contribution in [0.2, 0.25) is 0 Å². The second kappa shape index (κ2) is 9.28. The van der Waals surface area contributed by atoms with Crippen LogP contribution in [0, 0.1) is 12.8 Å². The quantitative estimate of drug-likeness (QED) is 0.851. The summed E-state index contributed by atoms with van der Waals surface area (Å²) in [7, 11) is 0. The van der Waals surface area contributed by atoms with Crippen LogP contribution >= 0.6 is 12.4 Å². The second-order valence-corrected chi connectivity index (χ2v) is 7.04. The summed E-state index contributed by atoms with van der Waals surface area (Å²) in [4.78, 5) is 12.5. The second-order valence-electron chi connectivity index (χ2n) is 7.04.